The standard InChI is InChI=1S/C14H14O3/c1-16-14(15)13(10-12-8-5-9-17-12)11-6-3-2-4-7-11/h2-9,13H,10H2,1H3. The average molecular weight is 230 g/mol. The maximum atomic E-state index is 11.8. The number of carbonyl (C=O) groups is 1. The first-order valence-corrected chi connectivity index (χ1v) is 5.46. The molecule has 0 bridgehead atoms. The number of hydrogen-bond donors (Lipinski definition) is 0. The quantitative estimate of drug-likeness (QED) is 0.758. The smallest absolute Gasteiger partial charge is 0.313 e. The van der Waals surface area contributed by atoms with Gasteiger partial charge in [0.25, 0.3) is 0 Å². The fourth-order valence-electron chi connectivity index (χ4n) is 1.79. The Bertz CT molecular complexity index is 459. The number of methoxy groups -OCH3 is 1. The van der Waals surface area contributed by atoms with E-state index in [0.29, 0.717) is 6.42 Å². The van der Waals surface area contributed by atoms with E-state index in [0.717, 1.165) is 11.3 Å². The summed E-state index contributed by atoms with van der Waals surface area (Å²) < 4.78 is 10.1. The maximum absolute atomic E-state index is 11.8. The van der Waals surface area contributed by atoms with E-state index < -0.39 is 0 Å². The molecule has 0 spiro atoms. The van der Waals surface area contributed by atoms with E-state index in [9.17, 15) is 4.79 Å². The van der Waals surface area contributed by atoms with Crippen LogP contribution in [0, 0.1) is 0 Å². The summed E-state index contributed by atoms with van der Waals surface area (Å²) in [6, 6.07) is 13.3. The molecule has 17 heavy (non-hydrogen) atoms. The second-order valence-corrected chi connectivity index (χ2v) is 3.77. The van der Waals surface area contributed by atoms with Crippen molar-refractivity contribution in [2.45, 2.75) is 12.3 Å². The first-order valence-electron chi connectivity index (χ1n) is 5.46. The van der Waals surface area contributed by atoms with Crippen molar-refractivity contribution in [1.82, 2.24) is 0 Å². The molecule has 3 nitrogen and oxygen atoms in total. The Kier molecular flexibility index (Phi) is 3.60. The second-order valence-electron chi connectivity index (χ2n) is 3.77. The van der Waals surface area contributed by atoms with E-state index in [1.54, 1.807) is 6.26 Å². The number of rotatable bonds is 4. The van der Waals surface area contributed by atoms with E-state index in [1.165, 1.54) is 7.11 Å². The van der Waals surface area contributed by atoms with Gasteiger partial charge in [0.05, 0.1) is 19.3 Å². The zero-order valence-corrected chi connectivity index (χ0v) is 9.63. The number of ether oxygens (including phenoxy) is 1. The molecule has 0 aliphatic rings. The Morgan fingerprint density at radius 1 is 1.24 bits per heavy atom. The van der Waals surface area contributed by atoms with Crippen molar-refractivity contribution < 1.29 is 13.9 Å². The largest absolute Gasteiger partial charge is 0.469 e. The minimum atomic E-state index is -0.313. The van der Waals surface area contributed by atoms with Gasteiger partial charge >= 0.3 is 5.97 Å². The molecular formula is C14H14O3. The molecule has 0 saturated carbocycles. The Morgan fingerprint density at radius 2 is 2.00 bits per heavy atom. The molecule has 1 heterocycles. The molecule has 0 aliphatic carbocycles. The Labute approximate surface area is 100 Å². The van der Waals surface area contributed by atoms with Gasteiger partial charge in [-0.25, -0.2) is 0 Å². The summed E-state index contributed by atoms with van der Waals surface area (Å²) in [5.74, 6) is 0.226. The highest BCUT2D eigenvalue weighted by atomic mass is 16.5. The number of benzene rings is 1. The third-order valence-corrected chi connectivity index (χ3v) is 2.67. The second kappa shape index (κ2) is 5.34. The van der Waals surface area contributed by atoms with Gasteiger partial charge in [-0.3, -0.25) is 4.79 Å². The molecule has 2 aromatic rings. The fourth-order valence-corrected chi connectivity index (χ4v) is 1.79. The van der Waals surface area contributed by atoms with E-state index in [4.69, 9.17) is 9.15 Å². The lowest BCUT2D eigenvalue weighted by Gasteiger charge is -2.13. The molecule has 0 fully saturated rings. The molecule has 2 rings (SSSR count). The maximum Gasteiger partial charge on any atom is 0.313 e. The van der Waals surface area contributed by atoms with Crippen LogP contribution >= 0.6 is 0 Å². The van der Waals surface area contributed by atoms with Gasteiger partial charge in [0.15, 0.2) is 0 Å². The van der Waals surface area contributed by atoms with E-state index in [-0.39, 0.29) is 11.9 Å². The highest BCUT2D eigenvalue weighted by molar-refractivity contribution is 5.78. The molecule has 1 unspecified atom stereocenters. The van der Waals surface area contributed by atoms with Crippen LogP contribution in [-0.4, -0.2) is 13.1 Å². The number of furan rings is 1. The first-order chi connectivity index (χ1) is 8.31. The predicted octanol–water partition coefficient (Wildman–Crippen LogP) is 2.78. The summed E-state index contributed by atoms with van der Waals surface area (Å²) in [4.78, 5) is 11.8. The molecular weight excluding hydrogens is 216 g/mol. The van der Waals surface area contributed by atoms with Crippen LogP contribution in [0.1, 0.15) is 17.2 Å². The van der Waals surface area contributed by atoms with E-state index >= 15 is 0 Å². The van der Waals surface area contributed by atoms with Crippen LogP contribution in [0.4, 0.5) is 0 Å². The topological polar surface area (TPSA) is 39.4 Å². The van der Waals surface area contributed by atoms with Crippen molar-refractivity contribution in [3.63, 3.8) is 0 Å². The minimum Gasteiger partial charge on any atom is -0.469 e. The predicted molar refractivity (Wildman–Crippen MR) is 63.6 cm³/mol. The van der Waals surface area contributed by atoms with Gasteiger partial charge in [0, 0.05) is 6.42 Å². The summed E-state index contributed by atoms with van der Waals surface area (Å²) in [6.07, 6.45) is 2.12. The minimum absolute atomic E-state index is 0.243. The third kappa shape index (κ3) is 2.75. The average Bonchev–Trinajstić information content (AvgIpc) is 2.89. The van der Waals surface area contributed by atoms with E-state index in [1.807, 2.05) is 42.5 Å². The lowest BCUT2D eigenvalue weighted by Crippen LogP contribution is -2.16. The number of carbonyl (C=O) groups excluding carboxylic acids is 1. The van der Waals surface area contributed by atoms with Crippen molar-refractivity contribution in [3.8, 4) is 0 Å². The molecule has 1 aromatic heterocycles. The molecule has 0 aliphatic heterocycles. The SMILES string of the molecule is COC(=O)C(Cc1ccco1)c1ccccc1. The van der Waals surface area contributed by atoms with Crippen molar-refractivity contribution in [1.29, 1.82) is 0 Å². The highest BCUT2D eigenvalue weighted by Crippen LogP contribution is 2.22. The Morgan fingerprint density at radius 3 is 2.59 bits per heavy atom. The summed E-state index contributed by atoms with van der Waals surface area (Å²) in [5, 5.41) is 0. The van der Waals surface area contributed by atoms with Gasteiger partial charge in [0.2, 0.25) is 0 Å². The summed E-state index contributed by atoms with van der Waals surface area (Å²) in [6.45, 7) is 0. The fraction of sp³-hybridized carbons (Fsp3) is 0.214. The normalized spacial score (nSPS) is 12.1. The third-order valence-electron chi connectivity index (χ3n) is 2.67. The first kappa shape index (κ1) is 11.5. The molecule has 0 radical (unpaired) electrons. The number of esters is 1. The van der Waals surface area contributed by atoms with Crippen molar-refractivity contribution in [3.05, 3.63) is 60.1 Å². The summed E-state index contributed by atoms with van der Waals surface area (Å²) >= 11 is 0. The Balaban J connectivity index is 2.23. The van der Waals surface area contributed by atoms with Crippen LogP contribution in [0.15, 0.2) is 53.1 Å². The van der Waals surface area contributed by atoms with Crippen molar-refractivity contribution in [2.75, 3.05) is 7.11 Å². The van der Waals surface area contributed by atoms with Crippen LogP contribution in [-0.2, 0) is 16.0 Å². The van der Waals surface area contributed by atoms with Gasteiger partial charge in [-0.15, -0.1) is 0 Å². The summed E-state index contributed by atoms with van der Waals surface area (Å²) in [7, 11) is 1.40. The molecule has 1 aromatic carbocycles. The van der Waals surface area contributed by atoms with Gasteiger partial charge in [-0.05, 0) is 17.7 Å². The van der Waals surface area contributed by atoms with Gasteiger partial charge < -0.3 is 9.15 Å². The van der Waals surface area contributed by atoms with Gasteiger partial charge in [0.1, 0.15) is 5.76 Å². The highest BCUT2D eigenvalue weighted by Gasteiger charge is 2.22. The zero-order chi connectivity index (χ0) is 12.1. The molecule has 0 amide bonds. The molecule has 0 N–H and O–H groups in total. The monoisotopic (exact) mass is 230 g/mol. The molecule has 0 saturated heterocycles. The van der Waals surface area contributed by atoms with Gasteiger partial charge in [-0.1, -0.05) is 30.3 Å². The number of hydrogen-bond acceptors (Lipinski definition) is 3. The molecule has 3 heteroatoms. The van der Waals surface area contributed by atoms with E-state index in [2.05, 4.69) is 0 Å². The molecule has 1 atom stereocenters. The Hall–Kier alpha value is -2.03. The summed E-state index contributed by atoms with van der Waals surface area (Å²) in [5.41, 5.74) is 0.941. The molecule has 88 valence electrons. The van der Waals surface area contributed by atoms with Crippen LogP contribution < -0.4 is 0 Å². The van der Waals surface area contributed by atoms with Crippen molar-refractivity contribution in [2.24, 2.45) is 0 Å². The van der Waals surface area contributed by atoms with Crippen LogP contribution in [0.3, 0.4) is 0 Å². The van der Waals surface area contributed by atoms with Crippen LogP contribution in [0.2, 0.25) is 0 Å². The van der Waals surface area contributed by atoms with Crippen LogP contribution in [0.25, 0.3) is 0 Å². The van der Waals surface area contributed by atoms with Crippen LogP contribution in [0.5, 0.6) is 0 Å². The lowest BCUT2D eigenvalue weighted by atomic mass is 9.95. The van der Waals surface area contributed by atoms with Crippen molar-refractivity contribution >= 4 is 5.97 Å². The zero-order valence-electron chi connectivity index (χ0n) is 9.63. The lowest BCUT2D eigenvalue weighted by molar-refractivity contribution is -0.142. The van der Waals surface area contributed by atoms with Gasteiger partial charge in [-0.2, -0.15) is 0 Å².